The molecule has 4 heteroatoms. The van der Waals surface area contributed by atoms with Crippen LogP contribution in [0.4, 0.5) is 5.69 Å². The summed E-state index contributed by atoms with van der Waals surface area (Å²) in [4.78, 5) is 0. The van der Waals surface area contributed by atoms with E-state index < -0.39 is 0 Å². The van der Waals surface area contributed by atoms with Crippen molar-refractivity contribution < 1.29 is 0 Å². The summed E-state index contributed by atoms with van der Waals surface area (Å²) in [5.74, 6) is 0. The summed E-state index contributed by atoms with van der Waals surface area (Å²) in [7, 11) is 1.92. The van der Waals surface area contributed by atoms with Gasteiger partial charge in [-0.15, -0.1) is 0 Å². The second-order valence-corrected chi connectivity index (χ2v) is 4.86. The predicted molar refractivity (Wildman–Crippen MR) is 64.1 cm³/mol. The minimum Gasteiger partial charge on any atom is -0.382 e. The van der Waals surface area contributed by atoms with Gasteiger partial charge in [-0.1, -0.05) is 0 Å². The molecule has 0 saturated carbocycles. The fourth-order valence-corrected chi connectivity index (χ4v) is 1.30. The van der Waals surface area contributed by atoms with Crippen molar-refractivity contribution in [3.8, 4) is 0 Å². The van der Waals surface area contributed by atoms with Gasteiger partial charge in [0.05, 0.1) is 11.9 Å². The van der Waals surface area contributed by atoms with E-state index >= 15 is 0 Å². The van der Waals surface area contributed by atoms with Gasteiger partial charge in [-0.05, 0) is 33.7 Å². The van der Waals surface area contributed by atoms with Crippen LogP contribution in [0.5, 0.6) is 0 Å². The average molecular weight is 210 g/mol. The Morgan fingerprint density at radius 3 is 2.60 bits per heavy atom. The summed E-state index contributed by atoms with van der Waals surface area (Å²) >= 11 is 0. The SMILES string of the molecule is Cn1cc(NCCCNC(C)(C)C)cn1. The van der Waals surface area contributed by atoms with E-state index in [2.05, 4.69) is 36.5 Å². The lowest BCUT2D eigenvalue weighted by Crippen LogP contribution is -2.36. The van der Waals surface area contributed by atoms with Gasteiger partial charge in [0, 0.05) is 25.3 Å². The molecule has 86 valence electrons. The van der Waals surface area contributed by atoms with Gasteiger partial charge >= 0.3 is 0 Å². The largest absolute Gasteiger partial charge is 0.382 e. The molecule has 1 aromatic rings. The molecule has 0 fully saturated rings. The lowest BCUT2D eigenvalue weighted by atomic mass is 10.1. The molecule has 0 bridgehead atoms. The average Bonchev–Trinajstić information content (AvgIpc) is 2.49. The Morgan fingerprint density at radius 2 is 2.07 bits per heavy atom. The second kappa shape index (κ2) is 5.16. The molecule has 15 heavy (non-hydrogen) atoms. The molecule has 0 spiro atoms. The maximum absolute atomic E-state index is 4.09. The van der Waals surface area contributed by atoms with Crippen LogP contribution in [0.2, 0.25) is 0 Å². The van der Waals surface area contributed by atoms with Crippen LogP contribution in [0, 0.1) is 0 Å². The van der Waals surface area contributed by atoms with Crippen LogP contribution in [0.15, 0.2) is 12.4 Å². The molecule has 0 aromatic carbocycles. The van der Waals surface area contributed by atoms with Crippen LogP contribution >= 0.6 is 0 Å². The van der Waals surface area contributed by atoms with Crippen molar-refractivity contribution in [2.75, 3.05) is 18.4 Å². The van der Waals surface area contributed by atoms with E-state index in [0.29, 0.717) is 0 Å². The predicted octanol–water partition coefficient (Wildman–Crippen LogP) is 1.61. The van der Waals surface area contributed by atoms with Gasteiger partial charge in [0.25, 0.3) is 0 Å². The molecule has 0 saturated heterocycles. The van der Waals surface area contributed by atoms with Crippen molar-refractivity contribution in [3.05, 3.63) is 12.4 Å². The lowest BCUT2D eigenvalue weighted by molar-refractivity contribution is 0.425. The minimum absolute atomic E-state index is 0.217. The van der Waals surface area contributed by atoms with Crippen molar-refractivity contribution in [2.24, 2.45) is 7.05 Å². The first-order valence-electron chi connectivity index (χ1n) is 5.45. The number of aromatic nitrogens is 2. The third kappa shape index (κ3) is 5.42. The van der Waals surface area contributed by atoms with Gasteiger partial charge in [-0.3, -0.25) is 4.68 Å². The third-order valence-electron chi connectivity index (χ3n) is 2.04. The quantitative estimate of drug-likeness (QED) is 0.726. The van der Waals surface area contributed by atoms with Gasteiger partial charge < -0.3 is 10.6 Å². The van der Waals surface area contributed by atoms with E-state index in [9.17, 15) is 0 Å². The highest BCUT2D eigenvalue weighted by atomic mass is 15.3. The number of rotatable bonds is 5. The van der Waals surface area contributed by atoms with E-state index in [4.69, 9.17) is 0 Å². The molecule has 0 unspecified atom stereocenters. The molecular weight excluding hydrogens is 188 g/mol. The normalized spacial score (nSPS) is 11.7. The molecule has 1 heterocycles. The summed E-state index contributed by atoms with van der Waals surface area (Å²) < 4.78 is 1.80. The smallest absolute Gasteiger partial charge is 0.0726 e. The zero-order valence-electron chi connectivity index (χ0n) is 10.2. The highest BCUT2D eigenvalue weighted by molar-refractivity contribution is 5.37. The summed E-state index contributed by atoms with van der Waals surface area (Å²) in [5, 5.41) is 10.9. The minimum atomic E-state index is 0.217. The Kier molecular flexibility index (Phi) is 4.15. The summed E-state index contributed by atoms with van der Waals surface area (Å²) in [6, 6.07) is 0. The topological polar surface area (TPSA) is 41.9 Å². The first kappa shape index (κ1) is 12.0. The maximum atomic E-state index is 4.09. The van der Waals surface area contributed by atoms with Gasteiger partial charge in [-0.2, -0.15) is 5.10 Å². The Hall–Kier alpha value is -1.03. The van der Waals surface area contributed by atoms with Crippen LogP contribution in [-0.4, -0.2) is 28.4 Å². The maximum Gasteiger partial charge on any atom is 0.0726 e. The Balaban J connectivity index is 2.07. The van der Waals surface area contributed by atoms with Crippen molar-refractivity contribution in [1.29, 1.82) is 0 Å². The lowest BCUT2D eigenvalue weighted by Gasteiger charge is -2.20. The molecule has 1 rings (SSSR count). The fraction of sp³-hybridized carbons (Fsp3) is 0.727. The van der Waals surface area contributed by atoms with E-state index in [0.717, 1.165) is 25.2 Å². The zero-order valence-corrected chi connectivity index (χ0v) is 10.2. The molecule has 1 aromatic heterocycles. The third-order valence-corrected chi connectivity index (χ3v) is 2.04. The molecule has 0 aliphatic rings. The number of anilines is 1. The van der Waals surface area contributed by atoms with Crippen molar-refractivity contribution in [1.82, 2.24) is 15.1 Å². The molecule has 0 radical (unpaired) electrons. The Bertz CT molecular complexity index is 285. The second-order valence-electron chi connectivity index (χ2n) is 4.86. The van der Waals surface area contributed by atoms with Crippen LogP contribution in [-0.2, 0) is 7.05 Å². The number of nitrogens with one attached hydrogen (secondary N) is 2. The molecular formula is C11H22N4. The molecule has 0 aliphatic carbocycles. The fourth-order valence-electron chi connectivity index (χ4n) is 1.30. The summed E-state index contributed by atoms with van der Waals surface area (Å²) in [6.07, 6.45) is 4.94. The molecule has 2 N–H and O–H groups in total. The van der Waals surface area contributed by atoms with Crippen molar-refractivity contribution in [2.45, 2.75) is 32.7 Å². The van der Waals surface area contributed by atoms with Crippen LogP contribution in [0.25, 0.3) is 0 Å². The molecule has 0 amide bonds. The number of hydrogen-bond acceptors (Lipinski definition) is 3. The Labute approximate surface area is 92.1 Å². The highest BCUT2D eigenvalue weighted by Crippen LogP contribution is 2.03. The van der Waals surface area contributed by atoms with E-state index in [1.165, 1.54) is 0 Å². The standard InChI is InChI=1S/C11H22N4/c1-11(2,3)13-7-5-6-12-10-8-14-15(4)9-10/h8-9,12-13H,5-7H2,1-4H3. The number of aryl methyl sites for hydroxylation is 1. The van der Waals surface area contributed by atoms with Crippen LogP contribution in [0.1, 0.15) is 27.2 Å². The van der Waals surface area contributed by atoms with Gasteiger partial charge in [0.15, 0.2) is 0 Å². The zero-order chi connectivity index (χ0) is 11.3. The van der Waals surface area contributed by atoms with E-state index in [-0.39, 0.29) is 5.54 Å². The first-order chi connectivity index (χ1) is 6.97. The molecule has 0 atom stereocenters. The van der Waals surface area contributed by atoms with Crippen molar-refractivity contribution >= 4 is 5.69 Å². The summed E-state index contributed by atoms with van der Waals surface area (Å²) in [6.45, 7) is 8.57. The van der Waals surface area contributed by atoms with Crippen LogP contribution < -0.4 is 10.6 Å². The van der Waals surface area contributed by atoms with Crippen molar-refractivity contribution in [3.63, 3.8) is 0 Å². The van der Waals surface area contributed by atoms with E-state index in [1.807, 2.05) is 19.4 Å². The number of hydrogen-bond donors (Lipinski definition) is 2. The number of nitrogens with zero attached hydrogens (tertiary/aromatic N) is 2. The van der Waals surface area contributed by atoms with Gasteiger partial charge in [-0.25, -0.2) is 0 Å². The first-order valence-corrected chi connectivity index (χ1v) is 5.45. The van der Waals surface area contributed by atoms with Gasteiger partial charge in [0.2, 0.25) is 0 Å². The molecule has 0 aliphatic heterocycles. The molecule has 4 nitrogen and oxygen atoms in total. The highest BCUT2D eigenvalue weighted by Gasteiger charge is 2.06. The van der Waals surface area contributed by atoms with Crippen LogP contribution in [0.3, 0.4) is 0 Å². The van der Waals surface area contributed by atoms with E-state index in [1.54, 1.807) is 4.68 Å². The Morgan fingerprint density at radius 1 is 1.33 bits per heavy atom. The summed E-state index contributed by atoms with van der Waals surface area (Å²) in [5.41, 5.74) is 1.31. The monoisotopic (exact) mass is 210 g/mol. The van der Waals surface area contributed by atoms with Gasteiger partial charge in [0.1, 0.15) is 0 Å².